The Kier molecular flexibility index (Phi) is 3.64. The molecule has 19 heavy (non-hydrogen) atoms. The number of aryl methyl sites for hydroxylation is 1. The molecule has 2 aromatic carbocycles. The molecular weight excluding hydrogens is 364 g/mol. The minimum absolute atomic E-state index is 1.00. The number of hydrogen-bond donors (Lipinski definition) is 0. The van der Waals surface area contributed by atoms with E-state index in [4.69, 9.17) is 0 Å². The third-order valence-electron chi connectivity index (χ3n) is 3.48. The molecule has 0 fully saturated rings. The summed E-state index contributed by atoms with van der Waals surface area (Å²) in [7, 11) is 0. The molecule has 1 aliphatic carbocycles. The van der Waals surface area contributed by atoms with E-state index in [-0.39, 0.29) is 0 Å². The summed E-state index contributed by atoms with van der Waals surface area (Å²) >= 11 is 7.10. The van der Waals surface area contributed by atoms with Crippen LogP contribution in [0.25, 0.3) is 16.7 Å². The Morgan fingerprint density at radius 3 is 2.37 bits per heavy atom. The van der Waals surface area contributed by atoms with Gasteiger partial charge in [0.2, 0.25) is 0 Å². The van der Waals surface area contributed by atoms with Crippen LogP contribution in [0, 0.1) is 6.92 Å². The molecule has 0 amide bonds. The summed E-state index contributed by atoms with van der Waals surface area (Å²) in [5.74, 6) is 0. The van der Waals surface area contributed by atoms with E-state index in [2.05, 4.69) is 81.3 Å². The first kappa shape index (κ1) is 13.1. The van der Waals surface area contributed by atoms with Gasteiger partial charge in [0, 0.05) is 9.80 Å². The zero-order valence-electron chi connectivity index (χ0n) is 10.7. The van der Waals surface area contributed by atoms with Crippen LogP contribution in [0.2, 0.25) is 0 Å². The standard InChI is InChI=1S/C17H14Br2/c1-11-4-6-14-15-7-5-12(19)10-17(15)13(3-2-8-18)16(14)9-11/h3-7,9-10H,2,8H2,1H3/b13-3+. The van der Waals surface area contributed by atoms with Crippen LogP contribution in [0.1, 0.15) is 23.1 Å². The summed E-state index contributed by atoms with van der Waals surface area (Å²) in [6, 6.07) is 13.3. The van der Waals surface area contributed by atoms with Crippen molar-refractivity contribution in [2.75, 3.05) is 5.33 Å². The van der Waals surface area contributed by atoms with Gasteiger partial charge in [0.1, 0.15) is 0 Å². The first-order valence-electron chi connectivity index (χ1n) is 6.38. The average molecular weight is 378 g/mol. The van der Waals surface area contributed by atoms with Gasteiger partial charge in [0.15, 0.2) is 0 Å². The molecule has 0 unspecified atom stereocenters. The van der Waals surface area contributed by atoms with Crippen molar-refractivity contribution in [2.24, 2.45) is 0 Å². The molecule has 0 radical (unpaired) electrons. The van der Waals surface area contributed by atoms with E-state index in [0.717, 1.165) is 16.2 Å². The van der Waals surface area contributed by atoms with Crippen LogP contribution >= 0.6 is 31.9 Å². The zero-order valence-corrected chi connectivity index (χ0v) is 13.9. The van der Waals surface area contributed by atoms with Gasteiger partial charge in [-0.15, -0.1) is 0 Å². The molecule has 3 rings (SSSR count). The molecule has 0 saturated carbocycles. The maximum atomic E-state index is 3.58. The second-order valence-electron chi connectivity index (χ2n) is 4.83. The summed E-state index contributed by atoms with van der Waals surface area (Å²) in [6.45, 7) is 2.15. The van der Waals surface area contributed by atoms with Crippen LogP contribution < -0.4 is 0 Å². The predicted octanol–water partition coefficient (Wildman–Crippen LogP) is 5.95. The molecule has 0 spiro atoms. The zero-order chi connectivity index (χ0) is 13.4. The monoisotopic (exact) mass is 376 g/mol. The van der Waals surface area contributed by atoms with E-state index in [1.54, 1.807) is 0 Å². The smallest absolute Gasteiger partial charge is 0.0181 e. The van der Waals surface area contributed by atoms with Crippen molar-refractivity contribution in [3.05, 3.63) is 63.6 Å². The fourth-order valence-corrected chi connectivity index (χ4v) is 3.24. The molecule has 1 aliphatic rings. The second-order valence-corrected chi connectivity index (χ2v) is 6.54. The maximum absolute atomic E-state index is 3.58. The fourth-order valence-electron chi connectivity index (χ4n) is 2.65. The Labute approximate surface area is 130 Å². The average Bonchev–Trinajstić information content (AvgIpc) is 2.68. The van der Waals surface area contributed by atoms with Crippen LogP contribution in [0.15, 0.2) is 46.9 Å². The summed E-state index contributed by atoms with van der Waals surface area (Å²) < 4.78 is 1.14. The Bertz CT molecular complexity index is 615. The van der Waals surface area contributed by atoms with Gasteiger partial charge in [-0.3, -0.25) is 0 Å². The van der Waals surface area contributed by atoms with Gasteiger partial charge in [-0.1, -0.05) is 67.8 Å². The maximum Gasteiger partial charge on any atom is 0.0181 e. The number of benzene rings is 2. The van der Waals surface area contributed by atoms with Crippen LogP contribution in [-0.4, -0.2) is 5.33 Å². The molecule has 0 atom stereocenters. The van der Waals surface area contributed by atoms with Crippen molar-refractivity contribution in [2.45, 2.75) is 13.3 Å². The highest BCUT2D eigenvalue weighted by atomic mass is 79.9. The lowest BCUT2D eigenvalue weighted by Gasteiger charge is -2.03. The topological polar surface area (TPSA) is 0 Å². The van der Waals surface area contributed by atoms with Gasteiger partial charge < -0.3 is 0 Å². The van der Waals surface area contributed by atoms with Crippen LogP contribution in [0.5, 0.6) is 0 Å². The van der Waals surface area contributed by atoms with Crippen molar-refractivity contribution in [1.29, 1.82) is 0 Å². The van der Waals surface area contributed by atoms with Crippen molar-refractivity contribution < 1.29 is 0 Å². The number of rotatable bonds is 2. The lowest BCUT2D eigenvalue weighted by atomic mass is 10.0. The third kappa shape index (κ3) is 2.32. The van der Waals surface area contributed by atoms with Gasteiger partial charge in [-0.05, 0) is 53.3 Å². The minimum atomic E-state index is 1.00. The van der Waals surface area contributed by atoms with E-state index in [1.807, 2.05) is 0 Å². The van der Waals surface area contributed by atoms with E-state index < -0.39 is 0 Å². The molecule has 0 heterocycles. The van der Waals surface area contributed by atoms with Crippen LogP contribution in [-0.2, 0) is 0 Å². The second kappa shape index (κ2) is 5.26. The number of halogens is 2. The van der Waals surface area contributed by atoms with Crippen LogP contribution in [0.3, 0.4) is 0 Å². The van der Waals surface area contributed by atoms with Gasteiger partial charge in [-0.2, -0.15) is 0 Å². The molecule has 0 bridgehead atoms. The lowest BCUT2D eigenvalue weighted by molar-refractivity contribution is 1.26. The molecule has 0 aliphatic heterocycles. The van der Waals surface area contributed by atoms with Gasteiger partial charge in [0.05, 0.1) is 0 Å². The predicted molar refractivity (Wildman–Crippen MR) is 89.8 cm³/mol. The molecule has 0 saturated heterocycles. The molecule has 2 heteroatoms. The number of allylic oxidation sites excluding steroid dienone is 1. The van der Waals surface area contributed by atoms with Crippen molar-refractivity contribution in [3.63, 3.8) is 0 Å². The van der Waals surface area contributed by atoms with Gasteiger partial charge in [-0.25, -0.2) is 0 Å². The summed E-state index contributed by atoms with van der Waals surface area (Å²) in [5.41, 5.74) is 8.10. The van der Waals surface area contributed by atoms with Gasteiger partial charge in [0.25, 0.3) is 0 Å². The summed E-state index contributed by atoms with van der Waals surface area (Å²) in [4.78, 5) is 0. The Hall–Kier alpha value is -0.860. The van der Waals surface area contributed by atoms with E-state index in [0.29, 0.717) is 0 Å². The van der Waals surface area contributed by atoms with E-state index in [1.165, 1.54) is 33.4 Å². The number of alkyl halides is 1. The third-order valence-corrected chi connectivity index (χ3v) is 4.44. The van der Waals surface area contributed by atoms with E-state index >= 15 is 0 Å². The van der Waals surface area contributed by atoms with Crippen molar-refractivity contribution in [3.8, 4) is 11.1 Å². The molecule has 96 valence electrons. The first-order valence-corrected chi connectivity index (χ1v) is 8.29. The highest BCUT2D eigenvalue weighted by Gasteiger charge is 2.23. The molecule has 0 nitrogen and oxygen atoms in total. The number of hydrogen-bond acceptors (Lipinski definition) is 0. The Balaban J connectivity index is 2.26. The van der Waals surface area contributed by atoms with Crippen LogP contribution in [0.4, 0.5) is 0 Å². The highest BCUT2D eigenvalue weighted by molar-refractivity contribution is 9.10. The Morgan fingerprint density at radius 2 is 1.63 bits per heavy atom. The summed E-state index contributed by atoms with van der Waals surface area (Å²) in [6.07, 6.45) is 3.39. The lowest BCUT2D eigenvalue weighted by Crippen LogP contribution is -1.83. The van der Waals surface area contributed by atoms with Crippen molar-refractivity contribution in [1.82, 2.24) is 0 Å². The molecule has 0 aromatic heterocycles. The first-order chi connectivity index (χ1) is 9.20. The van der Waals surface area contributed by atoms with Crippen molar-refractivity contribution >= 4 is 37.4 Å². The Morgan fingerprint density at radius 1 is 0.947 bits per heavy atom. The summed E-state index contributed by atoms with van der Waals surface area (Å²) in [5, 5.41) is 1.00. The minimum Gasteiger partial charge on any atom is -0.0925 e. The quantitative estimate of drug-likeness (QED) is 0.483. The normalized spacial score (nSPS) is 14.6. The largest absolute Gasteiger partial charge is 0.0925 e. The fraction of sp³-hybridized carbons (Fsp3) is 0.176. The van der Waals surface area contributed by atoms with E-state index in [9.17, 15) is 0 Å². The van der Waals surface area contributed by atoms with Gasteiger partial charge >= 0.3 is 0 Å². The molecule has 0 N–H and O–H groups in total. The highest BCUT2D eigenvalue weighted by Crippen LogP contribution is 2.45. The molecular formula is C17H14Br2. The molecule has 2 aromatic rings. The SMILES string of the molecule is Cc1ccc2c(c1)/C(=C\CCBr)c1cc(Br)ccc1-2. The number of fused-ring (bicyclic) bond motifs is 3.